The number of nitrogens with one attached hydrogen (secondary N) is 2. The van der Waals surface area contributed by atoms with E-state index in [9.17, 15) is 9.59 Å². The van der Waals surface area contributed by atoms with Gasteiger partial charge in [0.05, 0.1) is 19.8 Å². The summed E-state index contributed by atoms with van der Waals surface area (Å²) in [5.41, 5.74) is 1.94. The van der Waals surface area contributed by atoms with Crippen molar-refractivity contribution in [2.24, 2.45) is 0 Å². The molecule has 152 valence electrons. The zero-order valence-electron chi connectivity index (χ0n) is 15.7. The Hall–Kier alpha value is -2.38. The lowest BCUT2D eigenvalue weighted by atomic mass is 10.2. The molecule has 1 saturated heterocycles. The molecule has 2 aromatic carbocycles. The lowest BCUT2D eigenvalue weighted by Gasteiger charge is -2.25. The predicted molar refractivity (Wildman–Crippen MR) is 116 cm³/mol. The highest BCUT2D eigenvalue weighted by Gasteiger charge is 2.14. The van der Waals surface area contributed by atoms with Crippen molar-refractivity contribution < 1.29 is 14.3 Å². The minimum absolute atomic E-state index is 0.0787. The Bertz CT molecular complexity index is 895. The maximum absolute atomic E-state index is 12.1. The van der Waals surface area contributed by atoms with Gasteiger partial charge in [0, 0.05) is 40.6 Å². The molecule has 0 bridgehead atoms. The summed E-state index contributed by atoms with van der Waals surface area (Å²) in [6, 6.07) is 12.0. The Morgan fingerprint density at radius 1 is 1.00 bits per heavy atom. The van der Waals surface area contributed by atoms with E-state index in [4.69, 9.17) is 27.9 Å². The fourth-order valence-corrected chi connectivity index (χ4v) is 3.15. The standard InChI is InChI=1S/C21H21Cl2N3O3/c22-16-2-7-19(23)15(13-16)1-8-20(27)24-17-3-5-18(6-4-17)25-21(28)14-26-9-11-29-12-10-26/h1-8,13H,9-12,14H2,(H,24,27)(H,25,28)/b8-1+. The number of halogens is 2. The van der Waals surface area contributed by atoms with E-state index < -0.39 is 0 Å². The third-order valence-corrected chi connectivity index (χ3v) is 4.86. The predicted octanol–water partition coefficient (Wildman–Crippen LogP) is 3.92. The van der Waals surface area contributed by atoms with Gasteiger partial charge in [-0.15, -0.1) is 0 Å². The molecule has 3 rings (SSSR count). The van der Waals surface area contributed by atoms with Crippen molar-refractivity contribution in [3.8, 4) is 0 Å². The fourth-order valence-electron chi connectivity index (χ4n) is 2.79. The summed E-state index contributed by atoms with van der Waals surface area (Å²) in [6.45, 7) is 3.15. The molecule has 29 heavy (non-hydrogen) atoms. The van der Waals surface area contributed by atoms with E-state index in [1.165, 1.54) is 6.08 Å². The molecule has 0 aromatic heterocycles. The second-order valence-corrected chi connectivity index (χ2v) is 7.35. The largest absolute Gasteiger partial charge is 0.379 e. The van der Waals surface area contributed by atoms with Crippen LogP contribution in [0.1, 0.15) is 5.56 Å². The maximum atomic E-state index is 12.1. The summed E-state index contributed by atoms with van der Waals surface area (Å²) >= 11 is 12.0. The highest BCUT2D eigenvalue weighted by Crippen LogP contribution is 2.22. The summed E-state index contributed by atoms with van der Waals surface area (Å²) in [6.07, 6.45) is 2.99. The molecule has 6 nitrogen and oxygen atoms in total. The number of morpholine rings is 1. The van der Waals surface area contributed by atoms with Crippen molar-refractivity contribution >= 4 is 52.5 Å². The van der Waals surface area contributed by atoms with E-state index in [0.717, 1.165) is 13.1 Å². The van der Waals surface area contributed by atoms with Crippen molar-refractivity contribution in [1.82, 2.24) is 4.90 Å². The highest BCUT2D eigenvalue weighted by molar-refractivity contribution is 6.34. The number of nitrogens with zero attached hydrogens (tertiary/aromatic N) is 1. The monoisotopic (exact) mass is 433 g/mol. The number of hydrogen-bond acceptors (Lipinski definition) is 4. The summed E-state index contributed by atoms with van der Waals surface area (Å²) in [5, 5.41) is 6.66. The molecular weight excluding hydrogens is 413 g/mol. The molecule has 0 aliphatic carbocycles. The van der Waals surface area contributed by atoms with Crippen LogP contribution in [0.25, 0.3) is 6.08 Å². The van der Waals surface area contributed by atoms with Crippen molar-refractivity contribution in [2.45, 2.75) is 0 Å². The molecule has 1 heterocycles. The van der Waals surface area contributed by atoms with Gasteiger partial charge in [0.15, 0.2) is 0 Å². The van der Waals surface area contributed by atoms with Gasteiger partial charge < -0.3 is 15.4 Å². The first kappa shape index (κ1) is 21.3. The number of ether oxygens (including phenoxy) is 1. The van der Waals surface area contributed by atoms with Gasteiger partial charge in [0.1, 0.15) is 0 Å². The van der Waals surface area contributed by atoms with Crippen LogP contribution in [0.15, 0.2) is 48.5 Å². The minimum atomic E-state index is -0.301. The van der Waals surface area contributed by atoms with Crippen LogP contribution in [-0.2, 0) is 14.3 Å². The Morgan fingerprint density at radius 2 is 1.66 bits per heavy atom. The van der Waals surface area contributed by atoms with Crippen molar-refractivity contribution in [1.29, 1.82) is 0 Å². The number of carbonyl (C=O) groups is 2. The van der Waals surface area contributed by atoms with Crippen LogP contribution in [-0.4, -0.2) is 49.6 Å². The number of carbonyl (C=O) groups excluding carboxylic acids is 2. The molecule has 0 atom stereocenters. The normalized spacial score (nSPS) is 14.7. The van der Waals surface area contributed by atoms with Crippen LogP contribution in [0.3, 0.4) is 0 Å². The Kier molecular flexibility index (Phi) is 7.66. The smallest absolute Gasteiger partial charge is 0.248 e. The molecule has 2 amide bonds. The zero-order chi connectivity index (χ0) is 20.6. The highest BCUT2D eigenvalue weighted by atomic mass is 35.5. The van der Waals surface area contributed by atoms with Crippen LogP contribution in [0.4, 0.5) is 11.4 Å². The maximum Gasteiger partial charge on any atom is 0.248 e. The third-order valence-electron chi connectivity index (χ3n) is 4.28. The average molecular weight is 434 g/mol. The number of anilines is 2. The van der Waals surface area contributed by atoms with Gasteiger partial charge in [0.2, 0.25) is 11.8 Å². The molecule has 2 aromatic rings. The van der Waals surface area contributed by atoms with Crippen LogP contribution < -0.4 is 10.6 Å². The number of amides is 2. The first-order valence-electron chi connectivity index (χ1n) is 9.14. The van der Waals surface area contributed by atoms with E-state index in [0.29, 0.717) is 46.7 Å². The van der Waals surface area contributed by atoms with E-state index >= 15 is 0 Å². The van der Waals surface area contributed by atoms with Crippen LogP contribution in [0.2, 0.25) is 10.0 Å². The second kappa shape index (κ2) is 10.4. The van der Waals surface area contributed by atoms with Gasteiger partial charge in [-0.25, -0.2) is 0 Å². The van der Waals surface area contributed by atoms with Crippen LogP contribution in [0.5, 0.6) is 0 Å². The van der Waals surface area contributed by atoms with Gasteiger partial charge in [-0.2, -0.15) is 0 Å². The van der Waals surface area contributed by atoms with E-state index in [1.54, 1.807) is 48.5 Å². The Balaban J connectivity index is 1.50. The van der Waals surface area contributed by atoms with Gasteiger partial charge in [-0.3, -0.25) is 14.5 Å². The van der Waals surface area contributed by atoms with Crippen LogP contribution >= 0.6 is 23.2 Å². The van der Waals surface area contributed by atoms with E-state index in [-0.39, 0.29) is 11.8 Å². The molecule has 0 saturated carbocycles. The summed E-state index contributed by atoms with van der Waals surface area (Å²) in [5.74, 6) is -0.379. The molecule has 0 spiro atoms. The molecule has 8 heteroatoms. The molecule has 1 fully saturated rings. The fraction of sp³-hybridized carbons (Fsp3) is 0.238. The lowest BCUT2D eigenvalue weighted by molar-refractivity contribution is -0.118. The van der Waals surface area contributed by atoms with Gasteiger partial charge >= 0.3 is 0 Å². The Morgan fingerprint density at radius 3 is 2.34 bits per heavy atom. The third kappa shape index (κ3) is 6.87. The van der Waals surface area contributed by atoms with E-state index in [1.807, 2.05) is 4.90 Å². The summed E-state index contributed by atoms with van der Waals surface area (Å²) in [4.78, 5) is 26.3. The first-order chi connectivity index (χ1) is 14.0. The first-order valence-corrected chi connectivity index (χ1v) is 9.89. The van der Waals surface area contributed by atoms with Crippen molar-refractivity contribution in [2.75, 3.05) is 43.5 Å². The van der Waals surface area contributed by atoms with Gasteiger partial charge in [0.25, 0.3) is 0 Å². The van der Waals surface area contributed by atoms with E-state index in [2.05, 4.69) is 10.6 Å². The van der Waals surface area contributed by atoms with Crippen molar-refractivity contribution in [3.63, 3.8) is 0 Å². The summed E-state index contributed by atoms with van der Waals surface area (Å²) in [7, 11) is 0. The lowest BCUT2D eigenvalue weighted by Crippen LogP contribution is -2.41. The van der Waals surface area contributed by atoms with Crippen molar-refractivity contribution in [3.05, 3.63) is 64.1 Å². The SMILES string of the molecule is O=C(/C=C/c1cc(Cl)ccc1Cl)Nc1ccc(NC(=O)CN2CCOCC2)cc1. The molecular formula is C21H21Cl2N3O3. The minimum Gasteiger partial charge on any atom is -0.379 e. The number of benzene rings is 2. The molecule has 0 radical (unpaired) electrons. The Labute approximate surface area is 179 Å². The quantitative estimate of drug-likeness (QED) is 0.677. The number of rotatable bonds is 6. The average Bonchev–Trinajstić information content (AvgIpc) is 2.71. The number of hydrogen-bond donors (Lipinski definition) is 2. The summed E-state index contributed by atoms with van der Waals surface area (Å²) < 4.78 is 5.27. The molecule has 2 N–H and O–H groups in total. The van der Waals surface area contributed by atoms with Crippen LogP contribution in [0, 0.1) is 0 Å². The molecule has 1 aliphatic rings. The zero-order valence-corrected chi connectivity index (χ0v) is 17.2. The van der Waals surface area contributed by atoms with Gasteiger partial charge in [-0.05, 0) is 54.1 Å². The molecule has 1 aliphatic heterocycles. The topological polar surface area (TPSA) is 70.7 Å². The second-order valence-electron chi connectivity index (χ2n) is 6.50. The molecule has 0 unspecified atom stereocenters. The van der Waals surface area contributed by atoms with Gasteiger partial charge in [-0.1, -0.05) is 23.2 Å².